The molecule has 0 aliphatic carbocycles. The third-order valence-corrected chi connectivity index (χ3v) is 6.64. The Kier molecular flexibility index (Phi) is 6.37. The lowest BCUT2D eigenvalue weighted by atomic mass is 10.1. The maximum Gasteiger partial charge on any atom is 0.255 e. The zero-order valence-electron chi connectivity index (χ0n) is 18.8. The normalized spacial score (nSPS) is 19.6. The zero-order chi connectivity index (χ0) is 22.6. The van der Waals surface area contributed by atoms with E-state index in [0.717, 1.165) is 63.1 Å². The van der Waals surface area contributed by atoms with Gasteiger partial charge in [-0.05, 0) is 44.0 Å². The highest BCUT2D eigenvalue weighted by atomic mass is 16.1. The molecule has 2 aliphatic rings. The van der Waals surface area contributed by atoms with Crippen molar-refractivity contribution in [2.24, 2.45) is 0 Å². The third kappa shape index (κ3) is 5.07. The summed E-state index contributed by atoms with van der Waals surface area (Å²) in [5, 5.41) is 11.1. The van der Waals surface area contributed by atoms with Crippen molar-refractivity contribution in [3.05, 3.63) is 66.1 Å². The molecule has 0 bridgehead atoms. The number of carbonyl (C=O) groups is 1. The maximum absolute atomic E-state index is 13.0. The number of nitrogens with two attached hydrogens (primary N) is 1. The van der Waals surface area contributed by atoms with E-state index in [-0.39, 0.29) is 17.8 Å². The molecule has 0 spiro atoms. The minimum atomic E-state index is -0.167. The molecule has 2 saturated heterocycles. The predicted molar refractivity (Wildman–Crippen MR) is 129 cm³/mol. The SMILES string of the molecule is Nc1ncc(-c2cnn(C3CCNCC3)c2)cc1C(=O)N[C@@H]1CCN(Cc2ccccc2)C1. The number of benzene rings is 1. The second-order valence-electron chi connectivity index (χ2n) is 9.03. The van der Waals surface area contributed by atoms with Gasteiger partial charge in [0.15, 0.2) is 0 Å². The van der Waals surface area contributed by atoms with E-state index in [9.17, 15) is 4.79 Å². The number of carbonyl (C=O) groups excluding carboxylic acids is 1. The smallest absolute Gasteiger partial charge is 0.255 e. The summed E-state index contributed by atoms with van der Waals surface area (Å²) in [5.74, 6) is 0.0836. The van der Waals surface area contributed by atoms with E-state index in [4.69, 9.17) is 5.73 Å². The molecular weight excluding hydrogens is 414 g/mol. The van der Waals surface area contributed by atoms with Gasteiger partial charge in [-0.25, -0.2) is 4.98 Å². The number of hydrogen-bond donors (Lipinski definition) is 3. The van der Waals surface area contributed by atoms with Crippen LogP contribution in [0, 0.1) is 0 Å². The van der Waals surface area contributed by atoms with Crippen LogP contribution in [0.25, 0.3) is 11.1 Å². The van der Waals surface area contributed by atoms with Gasteiger partial charge in [-0.1, -0.05) is 30.3 Å². The third-order valence-electron chi connectivity index (χ3n) is 6.64. The molecule has 8 heteroatoms. The molecule has 4 N–H and O–H groups in total. The highest BCUT2D eigenvalue weighted by molar-refractivity contribution is 5.99. The van der Waals surface area contributed by atoms with Crippen molar-refractivity contribution >= 4 is 11.7 Å². The summed E-state index contributed by atoms with van der Waals surface area (Å²) in [6.45, 7) is 4.71. The van der Waals surface area contributed by atoms with Crippen LogP contribution in [-0.4, -0.2) is 57.8 Å². The summed E-state index contributed by atoms with van der Waals surface area (Å²) in [7, 11) is 0. The lowest BCUT2D eigenvalue weighted by Gasteiger charge is -2.22. The predicted octanol–water partition coefficient (Wildman–Crippen LogP) is 2.46. The van der Waals surface area contributed by atoms with Gasteiger partial charge in [0.25, 0.3) is 5.91 Å². The van der Waals surface area contributed by atoms with Gasteiger partial charge in [0.05, 0.1) is 17.8 Å². The molecule has 2 aliphatic heterocycles. The number of aromatic nitrogens is 3. The highest BCUT2D eigenvalue weighted by Crippen LogP contribution is 2.25. The molecule has 1 aromatic carbocycles. The second-order valence-corrected chi connectivity index (χ2v) is 9.03. The molecule has 172 valence electrons. The Labute approximate surface area is 194 Å². The van der Waals surface area contributed by atoms with E-state index in [1.54, 1.807) is 6.20 Å². The standard InChI is InChI=1S/C25H31N7O/c26-24-23(25(33)30-21-8-11-31(17-21)15-18-4-2-1-3-5-18)12-19(13-28-24)20-14-29-32(16-20)22-6-9-27-10-7-22/h1-5,12-14,16,21-22,27H,6-11,15,17H2,(H2,26,28)(H,30,33)/t21-/m1/s1. The zero-order valence-corrected chi connectivity index (χ0v) is 18.8. The van der Waals surface area contributed by atoms with E-state index >= 15 is 0 Å². The van der Waals surface area contributed by atoms with Crippen LogP contribution in [0.4, 0.5) is 5.82 Å². The van der Waals surface area contributed by atoms with Crippen molar-refractivity contribution in [1.29, 1.82) is 0 Å². The van der Waals surface area contributed by atoms with Gasteiger partial charge in [-0.2, -0.15) is 5.10 Å². The Morgan fingerprint density at radius 3 is 2.76 bits per heavy atom. The molecule has 8 nitrogen and oxygen atoms in total. The van der Waals surface area contributed by atoms with Crippen LogP contribution in [0.5, 0.6) is 0 Å². The van der Waals surface area contributed by atoms with Crippen LogP contribution < -0.4 is 16.4 Å². The van der Waals surface area contributed by atoms with Crippen LogP contribution in [0.2, 0.25) is 0 Å². The fourth-order valence-electron chi connectivity index (χ4n) is 4.77. The molecule has 4 heterocycles. The lowest BCUT2D eigenvalue weighted by Crippen LogP contribution is -2.37. The van der Waals surface area contributed by atoms with E-state index in [1.165, 1.54) is 5.56 Å². The Morgan fingerprint density at radius 1 is 1.12 bits per heavy atom. The topological polar surface area (TPSA) is 101 Å². The van der Waals surface area contributed by atoms with E-state index < -0.39 is 0 Å². The van der Waals surface area contributed by atoms with Crippen LogP contribution in [-0.2, 0) is 6.54 Å². The van der Waals surface area contributed by atoms with Gasteiger partial charge in [0.1, 0.15) is 5.82 Å². The number of nitrogen functional groups attached to an aromatic ring is 1. The number of nitrogens with zero attached hydrogens (tertiary/aromatic N) is 4. The molecule has 1 atom stereocenters. The fraction of sp³-hybridized carbons (Fsp3) is 0.400. The lowest BCUT2D eigenvalue weighted by molar-refractivity contribution is 0.0938. The number of pyridine rings is 1. The van der Waals surface area contributed by atoms with Crippen molar-refractivity contribution in [3.8, 4) is 11.1 Å². The number of likely N-dealkylation sites (tertiary alicyclic amines) is 1. The van der Waals surface area contributed by atoms with Crippen molar-refractivity contribution in [2.75, 3.05) is 31.9 Å². The van der Waals surface area contributed by atoms with Crippen molar-refractivity contribution in [3.63, 3.8) is 0 Å². The molecule has 1 amide bonds. The van der Waals surface area contributed by atoms with Crippen molar-refractivity contribution < 1.29 is 4.79 Å². The van der Waals surface area contributed by atoms with Crippen molar-refractivity contribution in [2.45, 2.75) is 37.9 Å². The Bertz CT molecular complexity index is 1090. The highest BCUT2D eigenvalue weighted by Gasteiger charge is 2.25. The monoisotopic (exact) mass is 445 g/mol. The van der Waals surface area contributed by atoms with Crippen LogP contribution in [0.15, 0.2) is 55.0 Å². The molecule has 0 unspecified atom stereocenters. The first-order chi connectivity index (χ1) is 16.2. The van der Waals surface area contributed by atoms with Gasteiger partial charge >= 0.3 is 0 Å². The average molecular weight is 446 g/mol. The number of anilines is 1. The van der Waals surface area contributed by atoms with Crippen molar-refractivity contribution in [1.82, 2.24) is 30.3 Å². The first-order valence-corrected chi connectivity index (χ1v) is 11.7. The quantitative estimate of drug-likeness (QED) is 0.539. The van der Waals surface area contributed by atoms with Gasteiger partial charge in [0, 0.05) is 49.2 Å². The van der Waals surface area contributed by atoms with Crippen LogP contribution in [0.1, 0.15) is 41.2 Å². The Balaban J connectivity index is 1.24. The van der Waals surface area contributed by atoms with Gasteiger partial charge in [-0.3, -0.25) is 14.4 Å². The average Bonchev–Trinajstić information content (AvgIpc) is 3.51. The first kappa shape index (κ1) is 21.6. The number of rotatable bonds is 6. The molecule has 2 aromatic heterocycles. The van der Waals surface area contributed by atoms with Crippen LogP contribution >= 0.6 is 0 Å². The Morgan fingerprint density at radius 2 is 1.94 bits per heavy atom. The van der Waals surface area contributed by atoms with Gasteiger partial charge in [-0.15, -0.1) is 0 Å². The summed E-state index contributed by atoms with van der Waals surface area (Å²) in [6.07, 6.45) is 8.66. The summed E-state index contributed by atoms with van der Waals surface area (Å²) < 4.78 is 2.03. The molecule has 2 fully saturated rings. The number of nitrogens with one attached hydrogen (secondary N) is 2. The van der Waals surface area contributed by atoms with Gasteiger partial charge in [0.2, 0.25) is 0 Å². The molecule has 3 aromatic rings. The molecule has 33 heavy (non-hydrogen) atoms. The number of amides is 1. The minimum Gasteiger partial charge on any atom is -0.383 e. The molecule has 0 radical (unpaired) electrons. The summed E-state index contributed by atoms with van der Waals surface area (Å²) >= 11 is 0. The van der Waals surface area contributed by atoms with E-state index in [1.807, 2.05) is 29.2 Å². The minimum absolute atomic E-state index is 0.104. The second kappa shape index (κ2) is 9.72. The number of hydrogen-bond acceptors (Lipinski definition) is 6. The number of piperidine rings is 1. The molecule has 5 rings (SSSR count). The largest absolute Gasteiger partial charge is 0.383 e. The Hall–Kier alpha value is -3.23. The van der Waals surface area contributed by atoms with Gasteiger partial charge < -0.3 is 16.4 Å². The fourth-order valence-corrected chi connectivity index (χ4v) is 4.77. The summed E-state index contributed by atoms with van der Waals surface area (Å²) in [6, 6.07) is 12.8. The molecular formula is C25H31N7O. The van der Waals surface area contributed by atoms with Crippen LogP contribution in [0.3, 0.4) is 0 Å². The van der Waals surface area contributed by atoms with E-state index in [0.29, 0.717) is 11.6 Å². The maximum atomic E-state index is 13.0. The summed E-state index contributed by atoms with van der Waals surface area (Å²) in [5.41, 5.74) is 9.59. The molecule has 0 saturated carbocycles. The first-order valence-electron chi connectivity index (χ1n) is 11.7. The summed E-state index contributed by atoms with van der Waals surface area (Å²) in [4.78, 5) is 19.7. The van der Waals surface area contributed by atoms with E-state index in [2.05, 4.69) is 49.9 Å².